The van der Waals surface area contributed by atoms with Gasteiger partial charge in [0.15, 0.2) is 5.58 Å². The number of fused-ring (bicyclic) bond motifs is 1. The molecule has 0 spiro atoms. The highest BCUT2D eigenvalue weighted by atomic mass is 35.5. The average molecular weight is 273 g/mol. The molecule has 1 aliphatic rings. The van der Waals surface area contributed by atoms with Gasteiger partial charge in [0, 0.05) is 31.0 Å². The van der Waals surface area contributed by atoms with Crippen LogP contribution in [0.2, 0.25) is 5.02 Å². The van der Waals surface area contributed by atoms with Gasteiger partial charge < -0.3 is 9.32 Å². The van der Waals surface area contributed by atoms with Crippen LogP contribution in [0.4, 0.5) is 14.8 Å². The van der Waals surface area contributed by atoms with Crippen LogP contribution in [0.1, 0.15) is 12.8 Å². The lowest BCUT2D eigenvalue weighted by atomic mass is 10.1. The lowest BCUT2D eigenvalue weighted by Crippen LogP contribution is -2.39. The molecule has 1 aromatic heterocycles. The smallest absolute Gasteiger partial charge is 0.298 e. The van der Waals surface area contributed by atoms with Crippen molar-refractivity contribution in [2.45, 2.75) is 18.8 Å². The van der Waals surface area contributed by atoms with Crippen LogP contribution >= 0.6 is 11.6 Å². The van der Waals surface area contributed by atoms with E-state index in [9.17, 15) is 8.78 Å². The van der Waals surface area contributed by atoms with Crippen molar-refractivity contribution in [1.82, 2.24) is 4.98 Å². The van der Waals surface area contributed by atoms with Gasteiger partial charge in [0.25, 0.3) is 11.9 Å². The number of rotatable bonds is 1. The van der Waals surface area contributed by atoms with Crippen LogP contribution in [-0.2, 0) is 0 Å². The summed E-state index contributed by atoms with van der Waals surface area (Å²) in [6, 6.07) is 5.53. The van der Waals surface area contributed by atoms with Crippen molar-refractivity contribution < 1.29 is 13.2 Å². The van der Waals surface area contributed by atoms with Crippen molar-refractivity contribution in [1.29, 1.82) is 0 Å². The topological polar surface area (TPSA) is 29.3 Å². The third-order valence-electron chi connectivity index (χ3n) is 3.10. The number of piperidine rings is 1. The van der Waals surface area contributed by atoms with Crippen molar-refractivity contribution in [3.63, 3.8) is 0 Å². The van der Waals surface area contributed by atoms with Crippen LogP contribution in [-0.4, -0.2) is 24.0 Å². The van der Waals surface area contributed by atoms with Gasteiger partial charge in [-0.3, -0.25) is 0 Å². The summed E-state index contributed by atoms with van der Waals surface area (Å²) in [6.45, 7) is 0.515. The molecule has 0 bridgehead atoms. The number of hydrogen-bond acceptors (Lipinski definition) is 3. The summed E-state index contributed by atoms with van der Waals surface area (Å²) in [6.07, 6.45) is -0.320. The number of aromatic nitrogens is 1. The molecule has 2 heterocycles. The Labute approximate surface area is 107 Å². The predicted octanol–water partition coefficient (Wildman–Crippen LogP) is 3.72. The Bertz CT molecular complexity index is 574. The van der Waals surface area contributed by atoms with Gasteiger partial charge in [-0.2, -0.15) is 4.98 Å². The Morgan fingerprint density at radius 1 is 1.28 bits per heavy atom. The Hall–Kier alpha value is -1.36. The van der Waals surface area contributed by atoms with Crippen molar-refractivity contribution in [3.8, 4) is 0 Å². The molecular formula is C12H11ClF2N2O. The third kappa shape index (κ3) is 2.14. The van der Waals surface area contributed by atoms with Gasteiger partial charge in [0.05, 0.1) is 0 Å². The van der Waals surface area contributed by atoms with Crippen LogP contribution in [0, 0.1) is 0 Å². The maximum absolute atomic E-state index is 13.1. The lowest BCUT2D eigenvalue weighted by Gasteiger charge is -2.30. The first-order valence-corrected chi connectivity index (χ1v) is 6.10. The number of halogens is 3. The van der Waals surface area contributed by atoms with E-state index >= 15 is 0 Å². The molecule has 96 valence electrons. The van der Waals surface area contributed by atoms with Crippen LogP contribution in [0.15, 0.2) is 22.6 Å². The molecule has 18 heavy (non-hydrogen) atoms. The largest absolute Gasteiger partial charge is 0.423 e. The molecule has 0 unspecified atom stereocenters. The SMILES string of the molecule is FC1(F)CCN(c2nc3cc(Cl)ccc3o2)CC1. The fourth-order valence-electron chi connectivity index (χ4n) is 2.05. The Kier molecular flexibility index (Phi) is 2.66. The minimum absolute atomic E-state index is 0.160. The van der Waals surface area contributed by atoms with Crippen LogP contribution in [0.3, 0.4) is 0 Å². The molecule has 0 radical (unpaired) electrons. The molecule has 0 N–H and O–H groups in total. The highest BCUT2D eigenvalue weighted by molar-refractivity contribution is 6.31. The molecule has 0 saturated carbocycles. The molecule has 3 nitrogen and oxygen atoms in total. The second-order valence-electron chi connectivity index (χ2n) is 4.45. The Balaban J connectivity index is 1.87. The zero-order valence-corrected chi connectivity index (χ0v) is 10.3. The maximum atomic E-state index is 13.1. The fraction of sp³-hybridized carbons (Fsp3) is 0.417. The summed E-state index contributed by atoms with van der Waals surface area (Å²) in [5.74, 6) is -2.56. The fourth-order valence-corrected chi connectivity index (χ4v) is 2.22. The molecule has 2 aromatic rings. The summed E-state index contributed by atoms with van der Waals surface area (Å²) in [5.41, 5.74) is 1.27. The zero-order valence-electron chi connectivity index (χ0n) is 9.50. The summed E-state index contributed by atoms with van der Waals surface area (Å²) < 4.78 is 31.7. The summed E-state index contributed by atoms with van der Waals surface area (Å²) in [4.78, 5) is 6.02. The third-order valence-corrected chi connectivity index (χ3v) is 3.34. The summed E-state index contributed by atoms with van der Waals surface area (Å²) in [5, 5.41) is 0.576. The zero-order chi connectivity index (χ0) is 12.8. The molecule has 3 rings (SSSR count). The van der Waals surface area contributed by atoms with E-state index in [4.69, 9.17) is 16.0 Å². The van der Waals surface area contributed by atoms with Gasteiger partial charge in [-0.05, 0) is 18.2 Å². The average Bonchev–Trinajstić information content (AvgIpc) is 2.71. The minimum atomic E-state index is -2.56. The molecule has 1 fully saturated rings. The van der Waals surface area contributed by atoms with Crippen molar-refractivity contribution >= 4 is 28.7 Å². The molecule has 1 aromatic carbocycles. The van der Waals surface area contributed by atoms with E-state index < -0.39 is 5.92 Å². The number of benzene rings is 1. The number of oxazole rings is 1. The van der Waals surface area contributed by atoms with E-state index in [1.165, 1.54) is 0 Å². The van der Waals surface area contributed by atoms with Gasteiger partial charge in [-0.15, -0.1) is 0 Å². The van der Waals surface area contributed by atoms with E-state index in [-0.39, 0.29) is 25.9 Å². The highest BCUT2D eigenvalue weighted by Crippen LogP contribution is 2.31. The minimum Gasteiger partial charge on any atom is -0.423 e. The Morgan fingerprint density at radius 3 is 2.72 bits per heavy atom. The standard InChI is InChI=1S/C12H11ClF2N2O/c13-8-1-2-10-9(7-8)16-11(18-10)17-5-3-12(14,15)4-6-17/h1-2,7H,3-6H2. The lowest BCUT2D eigenvalue weighted by molar-refractivity contribution is -0.0226. The van der Waals surface area contributed by atoms with Crippen molar-refractivity contribution in [3.05, 3.63) is 23.2 Å². The van der Waals surface area contributed by atoms with E-state index in [0.717, 1.165) is 0 Å². The van der Waals surface area contributed by atoms with Crippen LogP contribution in [0.5, 0.6) is 0 Å². The van der Waals surface area contributed by atoms with Gasteiger partial charge in [0.2, 0.25) is 0 Å². The van der Waals surface area contributed by atoms with E-state index in [1.807, 2.05) is 0 Å². The van der Waals surface area contributed by atoms with Crippen molar-refractivity contribution in [2.24, 2.45) is 0 Å². The normalized spacial score (nSPS) is 19.4. The second-order valence-corrected chi connectivity index (χ2v) is 4.89. The van der Waals surface area contributed by atoms with Crippen LogP contribution < -0.4 is 4.90 Å². The number of anilines is 1. The van der Waals surface area contributed by atoms with Gasteiger partial charge in [-0.25, -0.2) is 8.78 Å². The molecule has 1 saturated heterocycles. The first-order valence-electron chi connectivity index (χ1n) is 5.72. The van der Waals surface area contributed by atoms with E-state index in [0.29, 0.717) is 22.1 Å². The quantitative estimate of drug-likeness (QED) is 0.792. The molecule has 0 amide bonds. The molecule has 6 heteroatoms. The van der Waals surface area contributed by atoms with E-state index in [1.54, 1.807) is 23.1 Å². The Morgan fingerprint density at radius 2 is 2.00 bits per heavy atom. The van der Waals surface area contributed by atoms with Gasteiger partial charge in [-0.1, -0.05) is 11.6 Å². The summed E-state index contributed by atoms with van der Waals surface area (Å²) >= 11 is 5.86. The first-order chi connectivity index (χ1) is 8.53. The summed E-state index contributed by atoms with van der Waals surface area (Å²) in [7, 11) is 0. The molecular weight excluding hydrogens is 262 g/mol. The number of nitrogens with zero attached hydrogens (tertiary/aromatic N) is 2. The first kappa shape index (κ1) is 11.7. The van der Waals surface area contributed by atoms with Gasteiger partial charge in [0.1, 0.15) is 5.52 Å². The monoisotopic (exact) mass is 272 g/mol. The number of hydrogen-bond donors (Lipinski definition) is 0. The van der Waals surface area contributed by atoms with Crippen molar-refractivity contribution in [2.75, 3.05) is 18.0 Å². The predicted molar refractivity (Wildman–Crippen MR) is 65.4 cm³/mol. The molecule has 1 aliphatic heterocycles. The molecule has 0 atom stereocenters. The second kappa shape index (κ2) is 4.09. The van der Waals surface area contributed by atoms with Crippen LogP contribution in [0.25, 0.3) is 11.1 Å². The maximum Gasteiger partial charge on any atom is 0.298 e. The van der Waals surface area contributed by atoms with Gasteiger partial charge >= 0.3 is 0 Å². The molecule has 0 aliphatic carbocycles. The number of alkyl halides is 2. The van der Waals surface area contributed by atoms with E-state index in [2.05, 4.69) is 4.98 Å². The highest BCUT2D eigenvalue weighted by Gasteiger charge is 2.35.